The molecule has 9 heteroatoms. The second-order valence-corrected chi connectivity index (χ2v) is 10.3. The summed E-state index contributed by atoms with van der Waals surface area (Å²) >= 11 is 1.49. The first-order chi connectivity index (χ1) is 19.2. The van der Waals surface area contributed by atoms with Gasteiger partial charge < -0.3 is 19.4 Å². The van der Waals surface area contributed by atoms with Crippen LogP contribution in [0.5, 0.6) is 11.5 Å². The smallest absolute Gasteiger partial charge is 0.231 e. The number of fused-ring (bicyclic) bond motifs is 1. The second-order valence-electron chi connectivity index (χ2n) is 9.34. The third-order valence-electron chi connectivity index (χ3n) is 6.56. The Kier molecular flexibility index (Phi) is 9.11. The molecule has 7 nitrogen and oxygen atoms in total. The van der Waals surface area contributed by atoms with Gasteiger partial charge in [0.2, 0.25) is 12.7 Å². The normalized spacial score (nSPS) is 12.0. The van der Waals surface area contributed by atoms with E-state index < -0.39 is 0 Å². The van der Waals surface area contributed by atoms with Crippen LogP contribution in [0.4, 0.5) is 4.39 Å². The summed E-state index contributed by atoms with van der Waals surface area (Å²) in [5.74, 6) is 2.62. The number of nitrogens with one attached hydrogen (secondary N) is 1. The fourth-order valence-electron chi connectivity index (χ4n) is 4.39. The number of unbranched alkanes of at least 4 members (excludes halogenated alkanes) is 1. The highest BCUT2D eigenvalue weighted by molar-refractivity contribution is 7.98. The molecule has 39 heavy (non-hydrogen) atoms. The van der Waals surface area contributed by atoms with E-state index in [2.05, 4.69) is 32.2 Å². The van der Waals surface area contributed by atoms with Gasteiger partial charge in [-0.1, -0.05) is 66.4 Å². The standard InChI is InChI=1S/C30H31FN4O3S/c31-25-11-5-4-10-24(25)20-39-30-34-33-28(35(30)17-16-22-8-2-1-3-9-22)12-6-7-13-29(36)32-19-23-14-15-26-27(18-23)38-21-37-26/h1-5,8-11,14-15,18H,6-7,12-13,16-17,19-21H2,(H,32,36). The lowest BCUT2D eigenvalue weighted by Gasteiger charge is -2.11. The molecule has 1 aliphatic rings. The summed E-state index contributed by atoms with van der Waals surface area (Å²) < 4.78 is 27.0. The lowest BCUT2D eigenvalue weighted by molar-refractivity contribution is -0.121. The fraction of sp³-hybridized carbons (Fsp3) is 0.300. The minimum Gasteiger partial charge on any atom is -0.454 e. The van der Waals surface area contributed by atoms with Crippen LogP contribution in [0.15, 0.2) is 78.0 Å². The van der Waals surface area contributed by atoms with Crippen molar-refractivity contribution in [3.8, 4) is 11.5 Å². The molecular formula is C30H31FN4O3S. The molecule has 4 aromatic rings. The zero-order valence-corrected chi connectivity index (χ0v) is 22.5. The first kappa shape index (κ1) is 26.7. The third kappa shape index (κ3) is 7.38. The van der Waals surface area contributed by atoms with Crippen molar-refractivity contribution in [1.29, 1.82) is 0 Å². The minimum atomic E-state index is -0.211. The molecule has 2 heterocycles. The number of thioether (sulfide) groups is 1. The van der Waals surface area contributed by atoms with E-state index in [1.807, 2.05) is 42.5 Å². The Morgan fingerprint density at radius 3 is 2.62 bits per heavy atom. The number of ether oxygens (including phenoxy) is 2. The number of hydrogen-bond donors (Lipinski definition) is 1. The van der Waals surface area contributed by atoms with E-state index in [-0.39, 0.29) is 18.5 Å². The molecule has 3 aromatic carbocycles. The van der Waals surface area contributed by atoms with Gasteiger partial charge in [0, 0.05) is 31.7 Å². The van der Waals surface area contributed by atoms with Crippen molar-refractivity contribution in [2.45, 2.75) is 56.1 Å². The molecule has 0 bridgehead atoms. The van der Waals surface area contributed by atoms with Gasteiger partial charge >= 0.3 is 0 Å². The van der Waals surface area contributed by atoms with Crippen LogP contribution >= 0.6 is 11.8 Å². The largest absolute Gasteiger partial charge is 0.454 e. The van der Waals surface area contributed by atoms with Crippen molar-refractivity contribution >= 4 is 17.7 Å². The van der Waals surface area contributed by atoms with Crippen molar-refractivity contribution in [3.63, 3.8) is 0 Å². The lowest BCUT2D eigenvalue weighted by Crippen LogP contribution is -2.22. The van der Waals surface area contributed by atoms with Crippen LogP contribution in [0.3, 0.4) is 0 Å². The van der Waals surface area contributed by atoms with Crippen LogP contribution in [-0.4, -0.2) is 27.5 Å². The number of hydrogen-bond acceptors (Lipinski definition) is 6. The first-order valence-electron chi connectivity index (χ1n) is 13.1. The number of halogens is 1. The third-order valence-corrected chi connectivity index (χ3v) is 7.57. The molecule has 0 aliphatic carbocycles. The van der Waals surface area contributed by atoms with E-state index >= 15 is 0 Å². The Labute approximate surface area is 231 Å². The summed E-state index contributed by atoms with van der Waals surface area (Å²) in [4.78, 5) is 12.4. The van der Waals surface area contributed by atoms with E-state index in [0.29, 0.717) is 30.0 Å². The van der Waals surface area contributed by atoms with E-state index in [4.69, 9.17) is 9.47 Å². The summed E-state index contributed by atoms with van der Waals surface area (Å²) in [6.45, 7) is 1.42. The molecule has 1 aliphatic heterocycles. The summed E-state index contributed by atoms with van der Waals surface area (Å²) in [7, 11) is 0. The topological polar surface area (TPSA) is 78.3 Å². The predicted molar refractivity (Wildman–Crippen MR) is 148 cm³/mol. The molecular weight excluding hydrogens is 515 g/mol. The van der Waals surface area contributed by atoms with Crippen molar-refractivity contribution in [2.24, 2.45) is 0 Å². The number of carbonyl (C=O) groups excluding carboxylic acids is 1. The van der Waals surface area contributed by atoms with Crippen LogP contribution in [-0.2, 0) is 36.5 Å². The van der Waals surface area contributed by atoms with Gasteiger partial charge in [-0.15, -0.1) is 10.2 Å². The Morgan fingerprint density at radius 2 is 1.74 bits per heavy atom. The van der Waals surface area contributed by atoms with Gasteiger partial charge in [0.05, 0.1) is 0 Å². The van der Waals surface area contributed by atoms with Gasteiger partial charge in [0.1, 0.15) is 11.6 Å². The molecule has 1 N–H and O–H groups in total. The van der Waals surface area contributed by atoms with Gasteiger partial charge in [-0.25, -0.2) is 4.39 Å². The number of rotatable bonds is 13. The monoisotopic (exact) mass is 546 g/mol. The van der Waals surface area contributed by atoms with Crippen molar-refractivity contribution < 1.29 is 18.7 Å². The Balaban J connectivity index is 1.13. The maximum absolute atomic E-state index is 14.1. The Bertz CT molecular complexity index is 1400. The highest BCUT2D eigenvalue weighted by Crippen LogP contribution is 2.32. The summed E-state index contributed by atoms with van der Waals surface area (Å²) in [6.07, 6.45) is 3.58. The highest BCUT2D eigenvalue weighted by Gasteiger charge is 2.15. The average molecular weight is 547 g/mol. The molecule has 0 unspecified atom stereocenters. The fourth-order valence-corrected chi connectivity index (χ4v) is 5.36. The van der Waals surface area contributed by atoms with Crippen molar-refractivity contribution in [3.05, 3.63) is 101 Å². The molecule has 0 spiro atoms. The van der Waals surface area contributed by atoms with Crippen molar-refractivity contribution in [2.75, 3.05) is 6.79 Å². The number of aromatic nitrogens is 3. The van der Waals surface area contributed by atoms with Gasteiger partial charge in [0.15, 0.2) is 16.7 Å². The molecule has 0 fully saturated rings. The molecule has 1 amide bonds. The quantitative estimate of drug-likeness (QED) is 0.171. The first-order valence-corrected chi connectivity index (χ1v) is 14.1. The summed E-state index contributed by atoms with van der Waals surface area (Å²) in [5.41, 5.74) is 2.86. The van der Waals surface area contributed by atoms with Crippen LogP contribution in [0.25, 0.3) is 0 Å². The lowest BCUT2D eigenvalue weighted by atomic mass is 10.1. The van der Waals surface area contributed by atoms with Gasteiger partial charge in [-0.05, 0) is 54.2 Å². The van der Waals surface area contributed by atoms with Crippen molar-refractivity contribution in [1.82, 2.24) is 20.1 Å². The van der Waals surface area contributed by atoms with Gasteiger partial charge in [0.25, 0.3) is 0 Å². The van der Waals surface area contributed by atoms with E-state index in [9.17, 15) is 9.18 Å². The van der Waals surface area contributed by atoms with Gasteiger partial charge in [-0.3, -0.25) is 4.79 Å². The Morgan fingerprint density at radius 1 is 0.923 bits per heavy atom. The SMILES string of the molecule is O=C(CCCCc1nnc(SCc2ccccc2F)n1CCc1ccccc1)NCc1ccc2c(c1)OCO2. The van der Waals surface area contributed by atoms with E-state index in [1.54, 1.807) is 12.1 Å². The summed E-state index contributed by atoms with van der Waals surface area (Å²) in [5, 5.41) is 12.7. The Hall–Kier alpha value is -3.85. The van der Waals surface area contributed by atoms with Crippen LogP contribution in [0, 0.1) is 5.82 Å². The number of nitrogens with zero attached hydrogens (tertiary/aromatic N) is 3. The van der Waals surface area contributed by atoms with Crippen LogP contribution in [0.2, 0.25) is 0 Å². The molecule has 5 rings (SSSR count). The zero-order chi connectivity index (χ0) is 26.9. The molecule has 0 radical (unpaired) electrons. The molecule has 202 valence electrons. The minimum absolute atomic E-state index is 0.0133. The number of carbonyl (C=O) groups is 1. The van der Waals surface area contributed by atoms with E-state index in [1.165, 1.54) is 23.4 Å². The number of aryl methyl sites for hydroxylation is 2. The number of benzene rings is 3. The predicted octanol–water partition coefficient (Wildman–Crippen LogP) is 5.71. The summed E-state index contributed by atoms with van der Waals surface area (Å²) in [6, 6.07) is 22.8. The maximum atomic E-state index is 14.1. The zero-order valence-electron chi connectivity index (χ0n) is 21.6. The average Bonchev–Trinajstić information content (AvgIpc) is 3.59. The van der Waals surface area contributed by atoms with E-state index in [0.717, 1.165) is 54.5 Å². The number of amides is 1. The highest BCUT2D eigenvalue weighted by atomic mass is 32.2. The molecule has 1 aromatic heterocycles. The maximum Gasteiger partial charge on any atom is 0.231 e. The second kappa shape index (κ2) is 13.3. The van der Waals surface area contributed by atoms with Crippen LogP contribution in [0.1, 0.15) is 41.8 Å². The van der Waals surface area contributed by atoms with Gasteiger partial charge in [-0.2, -0.15) is 0 Å². The van der Waals surface area contributed by atoms with Crippen LogP contribution < -0.4 is 14.8 Å². The molecule has 0 atom stereocenters. The molecule has 0 saturated carbocycles. The molecule has 0 saturated heterocycles.